The van der Waals surface area contributed by atoms with Crippen LogP contribution in [0.15, 0.2) is 29.5 Å². The van der Waals surface area contributed by atoms with E-state index in [0.717, 1.165) is 116 Å². The van der Waals surface area contributed by atoms with Gasteiger partial charge in [-0.05, 0) is 75.8 Å². The fourth-order valence-corrected chi connectivity index (χ4v) is 12.3. The molecule has 8 atom stereocenters. The van der Waals surface area contributed by atoms with Crippen LogP contribution >= 0.6 is 60.1 Å². The third kappa shape index (κ3) is 11.6. The molecule has 62 heavy (non-hydrogen) atoms. The molecule has 0 aromatic heterocycles. The zero-order valence-corrected chi connectivity index (χ0v) is 41.3. The molecule has 7 aliphatic carbocycles. The molecule has 0 spiro atoms. The van der Waals surface area contributed by atoms with Crippen molar-refractivity contribution < 1.29 is 19.7 Å². The number of halogens is 4. The van der Waals surface area contributed by atoms with Gasteiger partial charge in [-0.3, -0.25) is 14.5 Å². The monoisotopic (exact) mass is 1120 g/mol. The Morgan fingerprint density at radius 2 is 0.919 bits per heavy atom. The molecule has 0 radical (unpaired) electrons. The molecule has 18 heteroatoms. The molecule has 6 bridgehead atoms. The quantitative estimate of drug-likeness (QED) is 0.116. The van der Waals surface area contributed by atoms with Crippen molar-refractivity contribution in [2.75, 3.05) is 0 Å². The lowest BCUT2D eigenvalue weighted by Gasteiger charge is -2.44. The van der Waals surface area contributed by atoms with Crippen molar-refractivity contribution >= 4 is 60.1 Å². The SMILES string of the molecule is BrBr.C.N#CC1(N2OC3C=CC2C3)CCCCC1.N#CC1(N2OC3C=CC2C3)CCCCC1.N#CC1(N2OC3CC2C(Br)C3Br)CCCCC1.N#CC1(N=O)CCCCC1.NO. The van der Waals surface area contributed by atoms with E-state index in [9.17, 15) is 20.7 Å². The summed E-state index contributed by atoms with van der Waals surface area (Å²) in [4.78, 5) is 28.7. The summed E-state index contributed by atoms with van der Waals surface area (Å²) in [6.07, 6.45) is 33.4. The molecule has 8 unspecified atom stereocenters. The van der Waals surface area contributed by atoms with Crippen LogP contribution in [-0.4, -0.2) is 88.6 Å². The molecule has 0 aromatic rings. The first-order valence-electron chi connectivity index (χ1n) is 22.1. The minimum absolute atomic E-state index is 0. The van der Waals surface area contributed by atoms with Crippen LogP contribution in [0, 0.1) is 50.2 Å². The number of nitrogens with two attached hydrogens (primary N) is 1. The second-order valence-electron chi connectivity index (χ2n) is 17.9. The summed E-state index contributed by atoms with van der Waals surface area (Å²) in [6, 6.07) is 10.6. The predicted molar refractivity (Wildman–Crippen MR) is 251 cm³/mol. The zero-order chi connectivity index (χ0) is 44.1. The third-order valence-corrected chi connectivity index (χ3v) is 17.2. The summed E-state index contributed by atoms with van der Waals surface area (Å²) in [5, 5.41) is 52.5. The lowest BCUT2D eigenvalue weighted by molar-refractivity contribution is -0.231. The van der Waals surface area contributed by atoms with Gasteiger partial charge in [0, 0.05) is 45.9 Å². The van der Waals surface area contributed by atoms with Gasteiger partial charge in [0.1, 0.15) is 16.6 Å². The van der Waals surface area contributed by atoms with Gasteiger partial charge in [-0.1, -0.05) is 128 Å². The summed E-state index contributed by atoms with van der Waals surface area (Å²) < 4.78 is 0. The van der Waals surface area contributed by atoms with E-state index in [1.165, 1.54) is 19.3 Å². The number of fused-ring (bicyclic) bond motifs is 6. The molecule has 3 heterocycles. The Balaban J connectivity index is 0.000000178. The van der Waals surface area contributed by atoms with E-state index in [4.69, 9.17) is 25.0 Å². The fourth-order valence-electron chi connectivity index (χ4n) is 10.9. The van der Waals surface area contributed by atoms with Crippen molar-refractivity contribution in [1.29, 1.82) is 21.0 Å². The summed E-state index contributed by atoms with van der Waals surface area (Å²) in [5.41, 5.74) is -1.89. The van der Waals surface area contributed by atoms with E-state index in [1.54, 1.807) is 0 Å². The highest BCUT2D eigenvalue weighted by Crippen LogP contribution is 2.49. The largest absolute Gasteiger partial charge is 0.320 e. The topological polar surface area (TPSA) is 208 Å². The maximum Gasteiger partial charge on any atom is 0.188 e. The first-order chi connectivity index (χ1) is 29.7. The van der Waals surface area contributed by atoms with Gasteiger partial charge >= 0.3 is 0 Å². The average Bonchev–Trinajstić information content (AvgIpc) is 4.24. The standard InChI is InChI=1S/C12H16Br2N2O.2C12H16N2O.C7H10N2O.CH4.Br2.H3NO/c13-10-8-6-9(11(10)14)17-16(8)12(7-15)4-2-1-3-5-12;2*13-9-12(6-2-1-3-7-12)14-10-4-5-11(8-10)15-14;8-6-7(9-10)4-2-1-3-5-7;;2*1-2/h8-11H,1-6H2;2*4-5,10-11H,1-3,6-8H2;1-5H2;1H4;;2H,1H2. The van der Waals surface area contributed by atoms with E-state index in [2.05, 4.69) is 114 Å². The number of alkyl halides is 2. The van der Waals surface area contributed by atoms with Crippen LogP contribution in [0.4, 0.5) is 0 Å². The highest BCUT2D eigenvalue weighted by atomic mass is 80.9. The summed E-state index contributed by atoms with van der Waals surface area (Å²) >= 11 is 12.9. The number of hydrogen-bond donors (Lipinski definition) is 2. The van der Waals surface area contributed by atoms with E-state index in [0.29, 0.717) is 40.6 Å². The molecule has 14 nitrogen and oxygen atoms in total. The van der Waals surface area contributed by atoms with Crippen molar-refractivity contribution in [1.82, 2.24) is 15.2 Å². The molecule has 10 aliphatic rings. The van der Waals surface area contributed by atoms with Gasteiger partial charge in [0.25, 0.3) is 0 Å². The van der Waals surface area contributed by atoms with Crippen LogP contribution < -0.4 is 5.90 Å². The van der Waals surface area contributed by atoms with Gasteiger partial charge in [0.05, 0.1) is 65.5 Å². The van der Waals surface area contributed by atoms with Gasteiger partial charge in [-0.2, -0.15) is 36.2 Å². The highest BCUT2D eigenvalue weighted by Gasteiger charge is 2.58. The number of nitriles is 4. The Labute approximate surface area is 401 Å². The van der Waals surface area contributed by atoms with Crippen LogP contribution in [0.2, 0.25) is 0 Å². The fraction of sp³-hybridized carbons (Fsp3) is 0.818. The second-order valence-corrected chi connectivity index (χ2v) is 20.0. The number of hydrogen-bond acceptors (Lipinski definition) is 14. The lowest BCUT2D eigenvalue weighted by Crippen LogP contribution is -2.56. The van der Waals surface area contributed by atoms with Crippen LogP contribution in [0.25, 0.3) is 0 Å². The van der Waals surface area contributed by atoms with Gasteiger partial charge in [-0.25, -0.2) is 5.90 Å². The molecule has 8 fully saturated rings. The zero-order valence-electron chi connectivity index (χ0n) is 34.9. The molecular weight excluding hydrogens is 1050 g/mol. The molecule has 3 saturated heterocycles. The molecule has 344 valence electrons. The van der Waals surface area contributed by atoms with E-state index >= 15 is 0 Å². The molecule has 0 aromatic carbocycles. The minimum atomic E-state index is -0.863. The molecule has 3 aliphatic heterocycles. The number of nitroso groups, excluding NO2 is 1. The normalized spacial score (nSPS) is 34.6. The molecule has 3 N–H and O–H groups in total. The predicted octanol–water partition coefficient (Wildman–Crippen LogP) is 11.1. The number of rotatable bonds is 4. The average molecular weight is 1120 g/mol. The molecular formula is C44H65Br4N9O5. The first-order valence-corrected chi connectivity index (χ1v) is 27.7. The molecule has 0 amide bonds. The van der Waals surface area contributed by atoms with Crippen molar-refractivity contribution in [2.24, 2.45) is 11.1 Å². The minimum Gasteiger partial charge on any atom is -0.320 e. The Bertz CT molecular complexity index is 1590. The Morgan fingerprint density at radius 3 is 1.18 bits per heavy atom. The van der Waals surface area contributed by atoms with Crippen molar-refractivity contribution in [3.05, 3.63) is 29.2 Å². The van der Waals surface area contributed by atoms with E-state index in [-0.39, 0.29) is 42.4 Å². The van der Waals surface area contributed by atoms with Crippen molar-refractivity contribution in [3.8, 4) is 24.3 Å². The third-order valence-electron chi connectivity index (χ3n) is 14.2. The Kier molecular flexibility index (Phi) is 21.4. The van der Waals surface area contributed by atoms with Crippen LogP contribution in [-0.2, 0) is 14.5 Å². The lowest BCUT2D eigenvalue weighted by atomic mass is 9.82. The Morgan fingerprint density at radius 1 is 0.548 bits per heavy atom. The van der Waals surface area contributed by atoms with Crippen molar-refractivity contribution in [2.45, 2.75) is 223 Å². The van der Waals surface area contributed by atoms with E-state index in [1.807, 2.05) is 21.3 Å². The summed E-state index contributed by atoms with van der Waals surface area (Å²) in [7, 11) is 0. The van der Waals surface area contributed by atoms with E-state index < -0.39 is 5.54 Å². The molecule has 5 saturated carbocycles. The van der Waals surface area contributed by atoms with Crippen LogP contribution in [0.1, 0.15) is 155 Å². The highest BCUT2D eigenvalue weighted by molar-refractivity contribution is 9.93. The maximum atomic E-state index is 10.2. The van der Waals surface area contributed by atoms with Gasteiger partial charge in [-0.15, -0.1) is 4.91 Å². The summed E-state index contributed by atoms with van der Waals surface area (Å²) in [5.74, 6) is 3.50. The van der Waals surface area contributed by atoms with Gasteiger partial charge in [0.2, 0.25) is 0 Å². The number of hydroxylamine groups is 6. The van der Waals surface area contributed by atoms with Crippen molar-refractivity contribution in [3.63, 3.8) is 0 Å². The van der Waals surface area contributed by atoms with Gasteiger partial charge < -0.3 is 5.21 Å². The smallest absolute Gasteiger partial charge is 0.188 e. The molecule has 10 rings (SSSR count). The summed E-state index contributed by atoms with van der Waals surface area (Å²) in [6.45, 7) is 0. The Hall–Kier alpha value is -1.36. The van der Waals surface area contributed by atoms with Gasteiger partial charge in [0.15, 0.2) is 5.54 Å². The second kappa shape index (κ2) is 25.0. The van der Waals surface area contributed by atoms with Crippen LogP contribution in [0.5, 0.6) is 0 Å². The van der Waals surface area contributed by atoms with Crippen LogP contribution in [0.3, 0.4) is 0 Å². The first kappa shape index (κ1) is 53.3. The number of nitrogens with zero attached hydrogens (tertiary/aromatic N) is 8. The maximum absolute atomic E-state index is 10.2.